The fraction of sp³-hybridized carbons (Fsp3) is 0.625. The lowest BCUT2D eigenvalue weighted by atomic mass is 9.73. The van der Waals surface area contributed by atoms with Crippen molar-refractivity contribution in [2.45, 2.75) is 51.7 Å². The van der Waals surface area contributed by atoms with Crippen LogP contribution in [0.5, 0.6) is 0 Å². The van der Waals surface area contributed by atoms with E-state index in [1.807, 2.05) is 33.8 Å². The lowest BCUT2D eigenvalue weighted by molar-refractivity contribution is 0.00578. The molecule has 0 saturated carbocycles. The zero-order valence-electron chi connectivity index (χ0n) is 13.5. The van der Waals surface area contributed by atoms with Crippen molar-refractivity contribution < 1.29 is 14.0 Å². The topological polar surface area (TPSA) is 27.7 Å². The number of methoxy groups -OCH3 is 1. The van der Waals surface area contributed by atoms with Crippen LogP contribution in [0.2, 0.25) is 0 Å². The Morgan fingerprint density at radius 1 is 1.15 bits per heavy atom. The normalized spacial score (nSPS) is 21.1. The SMILES string of the molecule is C=CCC/C=C(\B1OC(C)(C)C(C)(C)O1)C(=C)COC. The highest BCUT2D eigenvalue weighted by Crippen LogP contribution is 2.39. The average molecular weight is 278 g/mol. The molecule has 0 radical (unpaired) electrons. The van der Waals surface area contributed by atoms with Gasteiger partial charge >= 0.3 is 7.12 Å². The molecule has 1 heterocycles. The predicted molar refractivity (Wildman–Crippen MR) is 84.6 cm³/mol. The molecule has 1 aliphatic heterocycles. The van der Waals surface area contributed by atoms with Gasteiger partial charge in [-0.1, -0.05) is 18.7 Å². The Bertz CT molecular complexity index is 381. The van der Waals surface area contributed by atoms with E-state index in [9.17, 15) is 0 Å². The van der Waals surface area contributed by atoms with Crippen LogP contribution in [0.15, 0.2) is 36.4 Å². The summed E-state index contributed by atoms with van der Waals surface area (Å²) in [7, 11) is 1.28. The molecule has 0 aliphatic carbocycles. The number of hydrogen-bond acceptors (Lipinski definition) is 3. The van der Waals surface area contributed by atoms with Crippen molar-refractivity contribution in [1.29, 1.82) is 0 Å². The van der Waals surface area contributed by atoms with Crippen LogP contribution in [0, 0.1) is 0 Å². The third kappa shape index (κ3) is 3.84. The van der Waals surface area contributed by atoms with E-state index < -0.39 is 0 Å². The highest BCUT2D eigenvalue weighted by atomic mass is 16.7. The van der Waals surface area contributed by atoms with Crippen LogP contribution in [-0.4, -0.2) is 32.0 Å². The molecule has 3 nitrogen and oxygen atoms in total. The minimum absolute atomic E-state index is 0.345. The Balaban J connectivity index is 2.92. The maximum absolute atomic E-state index is 6.09. The largest absolute Gasteiger partial charge is 0.494 e. The summed E-state index contributed by atoms with van der Waals surface area (Å²) >= 11 is 0. The summed E-state index contributed by atoms with van der Waals surface area (Å²) in [6, 6.07) is 0. The van der Waals surface area contributed by atoms with Crippen molar-refractivity contribution >= 4 is 7.12 Å². The second-order valence-electron chi connectivity index (χ2n) is 6.15. The number of ether oxygens (including phenoxy) is 1. The molecule has 112 valence electrons. The standard InChI is InChI=1S/C16H27BO3/c1-8-9-10-11-14(13(2)12-18-7)17-19-15(3,4)16(5,6)20-17/h8,11H,1-2,9-10,12H2,3-7H3/b14-11-. The maximum Gasteiger partial charge on any atom is 0.494 e. The molecule has 0 spiro atoms. The van der Waals surface area contributed by atoms with Gasteiger partial charge in [0.25, 0.3) is 0 Å². The summed E-state index contributed by atoms with van der Waals surface area (Å²) in [5.74, 6) is 0. The first-order valence-electron chi connectivity index (χ1n) is 7.09. The Morgan fingerprint density at radius 2 is 1.70 bits per heavy atom. The molecule has 0 atom stereocenters. The first-order valence-corrected chi connectivity index (χ1v) is 7.09. The van der Waals surface area contributed by atoms with Crippen LogP contribution in [-0.2, 0) is 14.0 Å². The molecule has 1 fully saturated rings. The molecule has 1 rings (SSSR count). The molecule has 0 aromatic rings. The van der Waals surface area contributed by atoms with E-state index in [-0.39, 0.29) is 18.3 Å². The highest BCUT2D eigenvalue weighted by Gasteiger charge is 2.52. The number of hydrogen-bond donors (Lipinski definition) is 0. The van der Waals surface area contributed by atoms with Crippen molar-refractivity contribution in [1.82, 2.24) is 0 Å². The molecular formula is C16H27BO3. The number of allylic oxidation sites excluding steroid dienone is 2. The van der Waals surface area contributed by atoms with Crippen LogP contribution in [0.3, 0.4) is 0 Å². The van der Waals surface area contributed by atoms with Gasteiger partial charge < -0.3 is 14.0 Å². The van der Waals surface area contributed by atoms with Crippen LogP contribution in [0.25, 0.3) is 0 Å². The van der Waals surface area contributed by atoms with Gasteiger partial charge in [0.05, 0.1) is 17.8 Å². The van der Waals surface area contributed by atoms with Crippen LogP contribution < -0.4 is 0 Å². The quantitative estimate of drug-likeness (QED) is 0.307. The second-order valence-corrected chi connectivity index (χ2v) is 6.15. The first-order chi connectivity index (χ1) is 9.25. The zero-order valence-corrected chi connectivity index (χ0v) is 13.5. The Hall–Kier alpha value is -0.835. The molecule has 20 heavy (non-hydrogen) atoms. The van der Waals surface area contributed by atoms with Gasteiger partial charge in [-0.05, 0) is 51.6 Å². The van der Waals surface area contributed by atoms with Gasteiger partial charge in [-0.2, -0.15) is 0 Å². The monoisotopic (exact) mass is 278 g/mol. The lowest BCUT2D eigenvalue weighted by Crippen LogP contribution is -2.41. The zero-order chi connectivity index (χ0) is 15.4. The number of unbranched alkanes of at least 4 members (excludes halogenated alkanes) is 1. The third-order valence-electron chi connectivity index (χ3n) is 3.97. The number of rotatable bonds is 7. The lowest BCUT2D eigenvalue weighted by Gasteiger charge is -2.32. The molecule has 1 aliphatic rings. The summed E-state index contributed by atoms with van der Waals surface area (Å²) in [4.78, 5) is 0. The smallest absolute Gasteiger partial charge is 0.399 e. The van der Waals surface area contributed by atoms with E-state index in [1.165, 1.54) is 0 Å². The van der Waals surface area contributed by atoms with E-state index in [0.29, 0.717) is 6.61 Å². The molecule has 1 saturated heterocycles. The molecule has 0 N–H and O–H groups in total. The molecule has 0 amide bonds. The van der Waals surface area contributed by atoms with Crippen molar-refractivity contribution in [3.05, 3.63) is 36.4 Å². The summed E-state index contributed by atoms with van der Waals surface area (Å²) in [6.45, 7) is 16.5. The molecular weight excluding hydrogens is 251 g/mol. The highest BCUT2D eigenvalue weighted by molar-refractivity contribution is 6.56. The van der Waals surface area contributed by atoms with Crippen LogP contribution in [0.1, 0.15) is 40.5 Å². The summed E-state index contributed by atoms with van der Waals surface area (Å²) in [5, 5.41) is 0. The van der Waals surface area contributed by atoms with Crippen LogP contribution >= 0.6 is 0 Å². The van der Waals surface area contributed by atoms with Gasteiger partial charge in [0.2, 0.25) is 0 Å². The fourth-order valence-corrected chi connectivity index (χ4v) is 1.99. The van der Waals surface area contributed by atoms with Gasteiger partial charge in [0.15, 0.2) is 0 Å². The minimum atomic E-state index is -0.382. The minimum Gasteiger partial charge on any atom is -0.399 e. The molecule has 0 unspecified atom stereocenters. The van der Waals surface area contributed by atoms with Crippen molar-refractivity contribution in [2.75, 3.05) is 13.7 Å². The predicted octanol–water partition coefficient (Wildman–Crippen LogP) is 3.71. The van der Waals surface area contributed by atoms with Gasteiger partial charge in [-0.3, -0.25) is 0 Å². The van der Waals surface area contributed by atoms with E-state index >= 15 is 0 Å². The Morgan fingerprint density at radius 3 is 2.15 bits per heavy atom. The maximum atomic E-state index is 6.09. The Kier molecular flexibility index (Phi) is 5.81. The fourth-order valence-electron chi connectivity index (χ4n) is 1.99. The average Bonchev–Trinajstić information content (AvgIpc) is 2.54. The molecule has 4 heteroatoms. The van der Waals surface area contributed by atoms with E-state index in [0.717, 1.165) is 23.9 Å². The Labute approximate surface area is 123 Å². The van der Waals surface area contributed by atoms with Gasteiger partial charge in [0.1, 0.15) is 0 Å². The van der Waals surface area contributed by atoms with E-state index in [4.69, 9.17) is 14.0 Å². The third-order valence-corrected chi connectivity index (χ3v) is 3.97. The van der Waals surface area contributed by atoms with Crippen LogP contribution in [0.4, 0.5) is 0 Å². The molecule has 0 aromatic carbocycles. The summed E-state index contributed by atoms with van der Waals surface area (Å²) in [6.07, 6.45) is 5.83. The van der Waals surface area contributed by atoms with E-state index in [1.54, 1.807) is 7.11 Å². The molecule has 0 bridgehead atoms. The van der Waals surface area contributed by atoms with E-state index in [2.05, 4.69) is 19.2 Å². The van der Waals surface area contributed by atoms with Crippen molar-refractivity contribution in [2.24, 2.45) is 0 Å². The first kappa shape index (κ1) is 17.2. The second kappa shape index (κ2) is 6.75. The summed E-state index contributed by atoms with van der Waals surface area (Å²) < 4.78 is 17.4. The molecule has 0 aromatic heterocycles. The summed E-state index contributed by atoms with van der Waals surface area (Å²) in [5.41, 5.74) is 1.19. The van der Waals surface area contributed by atoms with Gasteiger partial charge in [-0.15, -0.1) is 6.58 Å². The van der Waals surface area contributed by atoms with Gasteiger partial charge in [-0.25, -0.2) is 0 Å². The van der Waals surface area contributed by atoms with Crippen molar-refractivity contribution in [3.8, 4) is 0 Å². The van der Waals surface area contributed by atoms with Gasteiger partial charge in [0, 0.05) is 7.11 Å². The van der Waals surface area contributed by atoms with Crippen molar-refractivity contribution in [3.63, 3.8) is 0 Å².